The molecule has 2 N–H and O–H groups in total. The Kier molecular flexibility index (Phi) is 3.75. The van der Waals surface area contributed by atoms with Gasteiger partial charge in [0.05, 0.1) is 0 Å². The molecule has 1 amide bonds. The summed E-state index contributed by atoms with van der Waals surface area (Å²) < 4.78 is 5.36. The van der Waals surface area contributed by atoms with Crippen LogP contribution in [0.25, 0.3) is 0 Å². The summed E-state index contributed by atoms with van der Waals surface area (Å²) in [5, 5.41) is 0. The third-order valence-electron chi connectivity index (χ3n) is 3.22. The highest BCUT2D eigenvalue weighted by Gasteiger charge is 2.46. The smallest absolute Gasteiger partial charge is 0.410 e. The molecule has 1 aliphatic carbocycles. The average molecular weight is 249 g/mol. The maximum Gasteiger partial charge on any atom is 0.410 e. The predicted molar refractivity (Wildman–Crippen MR) is 64.7 cm³/mol. The molecule has 0 spiro atoms. The molecule has 0 aromatic carbocycles. The number of likely N-dealkylation sites (tertiary alicyclic amines) is 1. The molecule has 0 unspecified atom stereocenters. The first-order chi connectivity index (χ1) is 6.87. The van der Waals surface area contributed by atoms with Gasteiger partial charge in [0.15, 0.2) is 0 Å². The van der Waals surface area contributed by atoms with Gasteiger partial charge in [0.25, 0.3) is 0 Å². The molecule has 2 aliphatic rings. The minimum Gasteiger partial charge on any atom is -0.444 e. The standard InChI is InChI=1S/C11H20N2O2.ClH/c1-11(2,3)15-10(14)13-6-7-4-8(13)5-9(7)12;/h7-9H,4-6,12H2,1-3H3;1H/t7-,8-,9-;/m0./s1. The summed E-state index contributed by atoms with van der Waals surface area (Å²) >= 11 is 0. The fourth-order valence-corrected chi connectivity index (χ4v) is 2.54. The number of amides is 1. The van der Waals surface area contributed by atoms with Crippen LogP contribution in [0.1, 0.15) is 33.6 Å². The molecule has 3 atom stereocenters. The van der Waals surface area contributed by atoms with Crippen molar-refractivity contribution in [3.05, 3.63) is 0 Å². The van der Waals surface area contributed by atoms with Gasteiger partial charge in [0.2, 0.25) is 0 Å². The van der Waals surface area contributed by atoms with Crippen molar-refractivity contribution in [2.24, 2.45) is 11.7 Å². The summed E-state index contributed by atoms with van der Waals surface area (Å²) in [6.07, 6.45) is 1.81. The maximum absolute atomic E-state index is 11.8. The van der Waals surface area contributed by atoms with E-state index >= 15 is 0 Å². The Morgan fingerprint density at radius 1 is 1.38 bits per heavy atom. The second-order valence-electron chi connectivity index (χ2n) is 5.68. The van der Waals surface area contributed by atoms with Crippen molar-refractivity contribution in [2.75, 3.05) is 6.54 Å². The quantitative estimate of drug-likeness (QED) is 0.711. The number of fused-ring (bicyclic) bond motifs is 2. The Bertz CT molecular complexity index is 276. The molecular formula is C11H21ClN2O2. The Morgan fingerprint density at radius 3 is 2.38 bits per heavy atom. The average Bonchev–Trinajstić information content (AvgIpc) is 2.58. The van der Waals surface area contributed by atoms with Crippen molar-refractivity contribution in [2.45, 2.75) is 51.3 Å². The molecule has 2 bridgehead atoms. The molecule has 5 heteroatoms. The van der Waals surface area contributed by atoms with Gasteiger partial charge in [-0.2, -0.15) is 0 Å². The van der Waals surface area contributed by atoms with Crippen LogP contribution in [0.15, 0.2) is 0 Å². The van der Waals surface area contributed by atoms with Gasteiger partial charge in [0.1, 0.15) is 5.60 Å². The Balaban J connectivity index is 0.00000128. The summed E-state index contributed by atoms with van der Waals surface area (Å²) in [4.78, 5) is 13.7. The molecule has 1 saturated heterocycles. The zero-order chi connectivity index (χ0) is 11.2. The number of carbonyl (C=O) groups excluding carboxylic acids is 1. The second-order valence-corrected chi connectivity index (χ2v) is 5.68. The van der Waals surface area contributed by atoms with Gasteiger partial charge in [-0.25, -0.2) is 4.79 Å². The Morgan fingerprint density at radius 2 is 2.00 bits per heavy atom. The molecule has 16 heavy (non-hydrogen) atoms. The van der Waals surface area contributed by atoms with Crippen molar-refractivity contribution >= 4 is 18.5 Å². The van der Waals surface area contributed by atoms with Crippen LogP contribution in [0.2, 0.25) is 0 Å². The lowest BCUT2D eigenvalue weighted by Crippen LogP contribution is -2.46. The van der Waals surface area contributed by atoms with E-state index < -0.39 is 5.60 Å². The number of carbonyl (C=O) groups is 1. The molecule has 0 aromatic rings. The second kappa shape index (κ2) is 4.41. The zero-order valence-corrected chi connectivity index (χ0v) is 10.9. The molecule has 1 aliphatic heterocycles. The van der Waals surface area contributed by atoms with Gasteiger partial charge in [-0.15, -0.1) is 12.4 Å². The summed E-state index contributed by atoms with van der Waals surface area (Å²) in [5.41, 5.74) is 5.53. The zero-order valence-electron chi connectivity index (χ0n) is 10.1. The van der Waals surface area contributed by atoms with Crippen molar-refractivity contribution in [1.82, 2.24) is 4.90 Å². The number of nitrogens with zero attached hydrogens (tertiary/aromatic N) is 1. The normalized spacial score (nSPS) is 32.5. The van der Waals surface area contributed by atoms with E-state index in [4.69, 9.17) is 10.5 Å². The lowest BCUT2D eigenvalue weighted by molar-refractivity contribution is 0.0183. The summed E-state index contributed by atoms with van der Waals surface area (Å²) in [6, 6.07) is 0.605. The van der Waals surface area contributed by atoms with Crippen LogP contribution in [-0.4, -0.2) is 35.2 Å². The van der Waals surface area contributed by atoms with Crippen LogP contribution in [0.5, 0.6) is 0 Å². The fraction of sp³-hybridized carbons (Fsp3) is 0.909. The first kappa shape index (κ1) is 13.6. The first-order valence-corrected chi connectivity index (χ1v) is 5.62. The van der Waals surface area contributed by atoms with Gasteiger partial charge >= 0.3 is 6.09 Å². The molecule has 2 fully saturated rings. The van der Waals surface area contributed by atoms with Gasteiger partial charge in [-0.3, -0.25) is 0 Å². The summed E-state index contributed by atoms with van der Waals surface area (Å²) in [7, 11) is 0. The molecular weight excluding hydrogens is 228 g/mol. The lowest BCUT2D eigenvalue weighted by Gasteiger charge is -2.31. The van der Waals surface area contributed by atoms with E-state index in [0.29, 0.717) is 12.0 Å². The monoisotopic (exact) mass is 248 g/mol. The molecule has 2 rings (SSSR count). The number of hydrogen-bond acceptors (Lipinski definition) is 3. The summed E-state index contributed by atoms with van der Waals surface area (Å²) in [6.45, 7) is 6.46. The highest BCUT2D eigenvalue weighted by Crippen LogP contribution is 2.37. The van der Waals surface area contributed by atoms with Crippen LogP contribution in [-0.2, 0) is 4.74 Å². The van der Waals surface area contributed by atoms with Gasteiger partial charge in [-0.05, 0) is 39.5 Å². The van der Waals surface area contributed by atoms with E-state index in [1.165, 1.54) is 0 Å². The van der Waals surface area contributed by atoms with E-state index in [9.17, 15) is 4.79 Å². The molecule has 0 radical (unpaired) electrons. The highest BCUT2D eigenvalue weighted by atomic mass is 35.5. The highest BCUT2D eigenvalue weighted by molar-refractivity contribution is 5.85. The topological polar surface area (TPSA) is 55.6 Å². The van der Waals surface area contributed by atoms with E-state index in [1.807, 2.05) is 25.7 Å². The van der Waals surface area contributed by atoms with Gasteiger partial charge < -0.3 is 15.4 Å². The minimum absolute atomic E-state index is 0. The minimum atomic E-state index is -0.402. The maximum atomic E-state index is 11.8. The van der Waals surface area contributed by atoms with Crippen molar-refractivity contribution in [3.63, 3.8) is 0 Å². The van der Waals surface area contributed by atoms with Gasteiger partial charge in [-0.1, -0.05) is 0 Å². The molecule has 1 heterocycles. The third-order valence-corrected chi connectivity index (χ3v) is 3.22. The Hall–Kier alpha value is -0.480. The number of nitrogens with two attached hydrogens (primary N) is 1. The van der Waals surface area contributed by atoms with Crippen molar-refractivity contribution in [1.29, 1.82) is 0 Å². The van der Waals surface area contributed by atoms with Crippen LogP contribution < -0.4 is 5.73 Å². The van der Waals surface area contributed by atoms with E-state index in [2.05, 4.69) is 0 Å². The van der Waals surface area contributed by atoms with Gasteiger partial charge in [0, 0.05) is 18.6 Å². The van der Waals surface area contributed by atoms with Crippen LogP contribution >= 0.6 is 12.4 Å². The van der Waals surface area contributed by atoms with Crippen molar-refractivity contribution in [3.8, 4) is 0 Å². The number of piperidine rings is 1. The lowest BCUT2D eigenvalue weighted by atomic mass is 10.0. The third kappa shape index (κ3) is 2.61. The molecule has 94 valence electrons. The number of ether oxygens (including phenoxy) is 1. The predicted octanol–water partition coefficient (Wildman–Crippen LogP) is 1.76. The molecule has 1 saturated carbocycles. The number of hydrogen-bond donors (Lipinski definition) is 1. The number of rotatable bonds is 0. The van der Waals surface area contributed by atoms with Crippen molar-refractivity contribution < 1.29 is 9.53 Å². The fourth-order valence-electron chi connectivity index (χ4n) is 2.54. The first-order valence-electron chi connectivity index (χ1n) is 5.62. The van der Waals surface area contributed by atoms with E-state index in [1.54, 1.807) is 0 Å². The van der Waals surface area contributed by atoms with E-state index in [0.717, 1.165) is 19.4 Å². The van der Waals surface area contributed by atoms with Crippen LogP contribution in [0.4, 0.5) is 4.79 Å². The Labute approximate surface area is 103 Å². The largest absolute Gasteiger partial charge is 0.444 e. The van der Waals surface area contributed by atoms with Crippen LogP contribution in [0, 0.1) is 5.92 Å². The number of halogens is 1. The van der Waals surface area contributed by atoms with Crippen LogP contribution in [0.3, 0.4) is 0 Å². The molecule has 0 aromatic heterocycles. The summed E-state index contributed by atoms with van der Waals surface area (Å²) in [5.74, 6) is 0.488. The van der Waals surface area contributed by atoms with E-state index in [-0.39, 0.29) is 24.5 Å². The molecule has 4 nitrogen and oxygen atoms in total. The SMILES string of the molecule is CC(C)(C)OC(=O)N1C[C@@H]2C[C@H]1C[C@@H]2N.Cl.